The lowest BCUT2D eigenvalue weighted by atomic mass is 10.3. The van der Waals surface area contributed by atoms with Crippen LogP contribution >= 0.6 is 23.5 Å². The molecule has 11 heavy (non-hydrogen) atoms. The van der Waals surface area contributed by atoms with Gasteiger partial charge >= 0.3 is 0 Å². The Morgan fingerprint density at radius 1 is 1.64 bits per heavy atom. The van der Waals surface area contributed by atoms with Crippen molar-refractivity contribution >= 4 is 35.0 Å². The molecule has 5 heteroatoms. The maximum atomic E-state index is 5.66. The van der Waals surface area contributed by atoms with Crippen molar-refractivity contribution in [2.24, 2.45) is 10.1 Å². The van der Waals surface area contributed by atoms with Crippen LogP contribution < -0.4 is 10.5 Å². The quantitative estimate of drug-likeness (QED) is 0.605. The molecule has 0 spiro atoms. The number of fused-ring (bicyclic) bond motifs is 1. The van der Waals surface area contributed by atoms with E-state index >= 15 is 0 Å². The van der Waals surface area contributed by atoms with Gasteiger partial charge in [0.2, 0.25) is 0 Å². The van der Waals surface area contributed by atoms with Crippen LogP contribution in [-0.4, -0.2) is 5.84 Å². The second-order valence-corrected chi connectivity index (χ2v) is 4.10. The van der Waals surface area contributed by atoms with Gasteiger partial charge in [-0.1, -0.05) is 0 Å². The molecule has 3 nitrogen and oxygen atoms in total. The molecule has 0 saturated heterocycles. The number of rotatable bonds is 0. The van der Waals surface area contributed by atoms with Crippen molar-refractivity contribution in [2.75, 3.05) is 4.72 Å². The highest BCUT2D eigenvalue weighted by Crippen LogP contribution is 2.31. The largest absolute Gasteiger partial charge is 0.382 e. The molecule has 0 radical (unpaired) electrons. The fraction of sp³-hybridized carbons (Fsp3) is 0.167. The first-order valence-corrected chi connectivity index (χ1v) is 4.72. The minimum absolute atomic E-state index is 0.627. The third-order valence-corrected chi connectivity index (χ3v) is 3.06. The summed E-state index contributed by atoms with van der Waals surface area (Å²) in [5.41, 5.74) is 6.75. The van der Waals surface area contributed by atoms with Gasteiger partial charge in [-0.2, -0.15) is 4.40 Å². The number of anilines is 1. The van der Waals surface area contributed by atoms with Crippen LogP contribution in [0.5, 0.6) is 0 Å². The summed E-state index contributed by atoms with van der Waals surface area (Å²) in [6.07, 6.45) is 0. The molecule has 0 bridgehead atoms. The van der Waals surface area contributed by atoms with E-state index < -0.39 is 0 Å². The maximum absolute atomic E-state index is 5.66. The standard InChI is InChI=1S/C6H7N3S2/c1-3-2-4-5(10-3)6(7)9-11-8-4/h2,8H,1H3,(H2,7,9). The Balaban J connectivity index is 2.55. The number of hydrogen-bond acceptors (Lipinski definition) is 5. The molecule has 2 rings (SSSR count). The molecule has 1 aliphatic rings. The van der Waals surface area contributed by atoms with Gasteiger partial charge < -0.3 is 10.5 Å². The Hall–Kier alpha value is -0.680. The first kappa shape index (κ1) is 7.00. The number of thiophene rings is 1. The van der Waals surface area contributed by atoms with Crippen LogP contribution in [-0.2, 0) is 0 Å². The van der Waals surface area contributed by atoms with Gasteiger partial charge in [0, 0.05) is 4.88 Å². The number of nitrogens with zero attached hydrogens (tertiary/aromatic N) is 1. The Labute approximate surface area is 73.0 Å². The first-order valence-electron chi connectivity index (χ1n) is 3.13. The van der Waals surface area contributed by atoms with Crippen molar-refractivity contribution in [1.82, 2.24) is 0 Å². The predicted octanol–water partition coefficient (Wildman–Crippen LogP) is 1.75. The van der Waals surface area contributed by atoms with E-state index in [0.29, 0.717) is 5.84 Å². The van der Waals surface area contributed by atoms with Crippen molar-refractivity contribution in [3.05, 3.63) is 15.8 Å². The molecule has 0 unspecified atom stereocenters. The summed E-state index contributed by atoms with van der Waals surface area (Å²) in [6.45, 7) is 2.06. The lowest BCUT2D eigenvalue weighted by Crippen LogP contribution is -2.14. The van der Waals surface area contributed by atoms with Crippen LogP contribution in [0.2, 0.25) is 0 Å². The minimum atomic E-state index is 0.627. The zero-order valence-corrected chi connectivity index (χ0v) is 7.55. The number of amidine groups is 1. The van der Waals surface area contributed by atoms with Crippen molar-refractivity contribution in [2.45, 2.75) is 6.92 Å². The summed E-state index contributed by atoms with van der Waals surface area (Å²) >= 11 is 2.95. The molecule has 0 aromatic carbocycles. The van der Waals surface area contributed by atoms with Gasteiger partial charge in [-0.3, -0.25) is 0 Å². The summed E-state index contributed by atoms with van der Waals surface area (Å²) in [5.74, 6) is 0.627. The number of hydrogen-bond donors (Lipinski definition) is 2. The van der Waals surface area contributed by atoms with Gasteiger partial charge in [0.05, 0.1) is 22.7 Å². The predicted molar refractivity (Wildman–Crippen MR) is 51.0 cm³/mol. The smallest absolute Gasteiger partial charge is 0.153 e. The van der Waals surface area contributed by atoms with Crippen LogP contribution in [0, 0.1) is 6.92 Å². The van der Waals surface area contributed by atoms with E-state index in [-0.39, 0.29) is 0 Å². The molecule has 0 fully saturated rings. The van der Waals surface area contributed by atoms with Crippen LogP contribution in [0.25, 0.3) is 0 Å². The molecule has 3 N–H and O–H groups in total. The summed E-state index contributed by atoms with van der Waals surface area (Å²) in [4.78, 5) is 2.31. The van der Waals surface area contributed by atoms with Crippen LogP contribution in [0.15, 0.2) is 10.5 Å². The Morgan fingerprint density at radius 2 is 2.45 bits per heavy atom. The monoisotopic (exact) mass is 185 g/mol. The second-order valence-electron chi connectivity index (χ2n) is 2.27. The Bertz CT molecular complexity index is 316. The van der Waals surface area contributed by atoms with E-state index in [0.717, 1.165) is 10.6 Å². The Morgan fingerprint density at radius 3 is 3.18 bits per heavy atom. The number of aryl methyl sites for hydroxylation is 1. The average molecular weight is 185 g/mol. The molecule has 1 aliphatic heterocycles. The summed E-state index contributed by atoms with van der Waals surface area (Å²) in [7, 11) is 0. The maximum Gasteiger partial charge on any atom is 0.153 e. The van der Waals surface area contributed by atoms with Crippen molar-refractivity contribution in [3.63, 3.8) is 0 Å². The zero-order chi connectivity index (χ0) is 7.84. The fourth-order valence-electron chi connectivity index (χ4n) is 0.943. The van der Waals surface area contributed by atoms with Crippen molar-refractivity contribution in [1.29, 1.82) is 0 Å². The summed E-state index contributed by atoms with van der Waals surface area (Å²) < 4.78 is 7.07. The highest BCUT2D eigenvalue weighted by atomic mass is 32.2. The highest BCUT2D eigenvalue weighted by Gasteiger charge is 2.14. The first-order chi connectivity index (χ1) is 5.27. The number of nitrogens with two attached hydrogens (primary N) is 1. The van der Waals surface area contributed by atoms with Crippen LogP contribution in [0.1, 0.15) is 9.75 Å². The number of nitrogens with one attached hydrogen (secondary N) is 1. The summed E-state index contributed by atoms with van der Waals surface area (Å²) in [6, 6.07) is 2.08. The van der Waals surface area contributed by atoms with Crippen molar-refractivity contribution in [3.8, 4) is 0 Å². The average Bonchev–Trinajstić information content (AvgIpc) is 2.31. The molecule has 0 amide bonds. The van der Waals surface area contributed by atoms with Crippen LogP contribution in [0.3, 0.4) is 0 Å². The molecule has 0 atom stereocenters. The second kappa shape index (κ2) is 2.42. The molecule has 2 heterocycles. The van der Waals surface area contributed by atoms with E-state index in [1.54, 1.807) is 11.3 Å². The van der Waals surface area contributed by atoms with Gasteiger partial charge in [-0.05, 0) is 13.0 Å². The van der Waals surface area contributed by atoms with E-state index in [1.807, 2.05) is 0 Å². The molecule has 1 aromatic rings. The SMILES string of the molecule is Cc1cc2c(s1)C(N)=NSN2. The lowest BCUT2D eigenvalue weighted by Gasteiger charge is -2.07. The van der Waals surface area contributed by atoms with E-state index in [9.17, 15) is 0 Å². The van der Waals surface area contributed by atoms with Crippen LogP contribution in [0.4, 0.5) is 5.69 Å². The minimum Gasteiger partial charge on any atom is -0.382 e. The molecule has 1 aromatic heterocycles. The molecular weight excluding hydrogens is 178 g/mol. The summed E-state index contributed by atoms with van der Waals surface area (Å²) in [5, 5.41) is 0. The van der Waals surface area contributed by atoms with Gasteiger partial charge in [-0.15, -0.1) is 11.3 Å². The third-order valence-electron chi connectivity index (χ3n) is 1.39. The highest BCUT2D eigenvalue weighted by molar-refractivity contribution is 7.99. The van der Waals surface area contributed by atoms with Crippen molar-refractivity contribution < 1.29 is 0 Å². The van der Waals surface area contributed by atoms with Gasteiger partial charge in [-0.25, -0.2) is 0 Å². The molecular formula is C6H7N3S2. The fourth-order valence-corrected chi connectivity index (χ4v) is 2.43. The Kier molecular flexibility index (Phi) is 1.54. The molecule has 0 aliphatic carbocycles. The van der Waals surface area contributed by atoms with Gasteiger partial charge in [0.1, 0.15) is 0 Å². The van der Waals surface area contributed by atoms with E-state index in [2.05, 4.69) is 22.1 Å². The van der Waals surface area contributed by atoms with Gasteiger partial charge in [0.15, 0.2) is 5.84 Å². The normalized spacial score (nSPS) is 15.2. The van der Waals surface area contributed by atoms with E-state index in [1.165, 1.54) is 17.0 Å². The third kappa shape index (κ3) is 1.10. The topological polar surface area (TPSA) is 50.4 Å². The molecule has 0 saturated carbocycles. The van der Waals surface area contributed by atoms with E-state index in [4.69, 9.17) is 5.73 Å². The molecule has 58 valence electrons. The zero-order valence-electron chi connectivity index (χ0n) is 5.92. The van der Waals surface area contributed by atoms with Gasteiger partial charge in [0.25, 0.3) is 0 Å². The lowest BCUT2D eigenvalue weighted by molar-refractivity contribution is 1.60.